The maximum atomic E-state index is 11.8. The number of sulfone groups is 1. The Morgan fingerprint density at radius 3 is 2.62 bits per heavy atom. The van der Waals surface area contributed by atoms with Crippen LogP contribution in [0.1, 0.15) is 31.7 Å². The minimum absolute atomic E-state index is 0.180. The zero-order valence-electron chi connectivity index (χ0n) is 12.8. The van der Waals surface area contributed by atoms with E-state index in [4.69, 9.17) is 4.74 Å². The second-order valence-corrected chi connectivity index (χ2v) is 8.23. The first-order valence-electron chi connectivity index (χ1n) is 7.59. The van der Waals surface area contributed by atoms with E-state index >= 15 is 0 Å². The lowest BCUT2D eigenvalue weighted by Gasteiger charge is -2.17. The number of ether oxygens (including phenoxy) is 1. The number of hydrogen-bond donors (Lipinski definition) is 1. The van der Waals surface area contributed by atoms with Crippen molar-refractivity contribution in [1.82, 2.24) is 5.32 Å². The number of aryl methyl sites for hydroxylation is 1. The smallest absolute Gasteiger partial charge is 0.154 e. The van der Waals surface area contributed by atoms with E-state index in [2.05, 4.69) is 24.4 Å². The molecule has 21 heavy (non-hydrogen) atoms. The molecule has 0 spiro atoms. The predicted octanol–water partition coefficient (Wildman–Crippen LogP) is 2.18. The Hall–Kier alpha value is -1.07. The number of hydrogen-bond acceptors (Lipinski definition) is 4. The molecule has 1 aromatic rings. The van der Waals surface area contributed by atoms with Gasteiger partial charge in [0, 0.05) is 12.6 Å². The molecule has 2 atom stereocenters. The van der Waals surface area contributed by atoms with E-state index in [1.165, 1.54) is 5.56 Å². The summed E-state index contributed by atoms with van der Waals surface area (Å²) in [5.41, 5.74) is 1.28. The van der Waals surface area contributed by atoms with Crippen molar-refractivity contribution < 1.29 is 13.2 Å². The summed E-state index contributed by atoms with van der Waals surface area (Å²) < 4.78 is 28.7. The molecule has 0 aromatic heterocycles. The van der Waals surface area contributed by atoms with Crippen molar-refractivity contribution in [2.45, 2.75) is 43.9 Å². The van der Waals surface area contributed by atoms with Gasteiger partial charge >= 0.3 is 0 Å². The van der Waals surface area contributed by atoms with Crippen molar-refractivity contribution in [2.24, 2.45) is 0 Å². The maximum Gasteiger partial charge on any atom is 0.154 e. The molecule has 2 rings (SSSR count). The molecule has 4 nitrogen and oxygen atoms in total. The number of benzene rings is 1. The molecule has 0 bridgehead atoms. The van der Waals surface area contributed by atoms with Gasteiger partial charge < -0.3 is 10.1 Å². The third-order valence-corrected chi connectivity index (χ3v) is 6.46. The van der Waals surface area contributed by atoms with Crippen molar-refractivity contribution in [2.75, 3.05) is 19.4 Å². The lowest BCUT2D eigenvalue weighted by Crippen LogP contribution is -2.36. The lowest BCUT2D eigenvalue weighted by molar-refractivity contribution is 0.414. The third kappa shape index (κ3) is 4.71. The van der Waals surface area contributed by atoms with Crippen LogP contribution in [-0.4, -0.2) is 39.1 Å². The molecule has 118 valence electrons. The van der Waals surface area contributed by atoms with Crippen LogP contribution in [-0.2, 0) is 16.3 Å². The standard InChI is InChI=1S/C16H25NO3S/c1-13(17-12-16-4-3-11-21(16,18)19)5-6-14-7-9-15(20-2)10-8-14/h7-10,13,16-17H,3-6,11-12H2,1-2H3. The summed E-state index contributed by atoms with van der Waals surface area (Å²) in [4.78, 5) is 0. The monoisotopic (exact) mass is 311 g/mol. The highest BCUT2D eigenvalue weighted by molar-refractivity contribution is 7.92. The summed E-state index contributed by atoms with van der Waals surface area (Å²) >= 11 is 0. The molecule has 1 saturated heterocycles. The van der Waals surface area contributed by atoms with Gasteiger partial charge in [0.25, 0.3) is 0 Å². The lowest BCUT2D eigenvalue weighted by atomic mass is 10.1. The van der Waals surface area contributed by atoms with E-state index in [1.807, 2.05) is 12.1 Å². The van der Waals surface area contributed by atoms with E-state index in [0.29, 0.717) is 18.3 Å². The Morgan fingerprint density at radius 2 is 2.05 bits per heavy atom. The first kappa shape index (κ1) is 16.3. The molecule has 0 aliphatic carbocycles. The van der Waals surface area contributed by atoms with Gasteiger partial charge in [0.05, 0.1) is 18.1 Å². The fourth-order valence-electron chi connectivity index (χ4n) is 2.70. The summed E-state index contributed by atoms with van der Waals surface area (Å²) in [6, 6.07) is 8.42. The third-order valence-electron chi connectivity index (χ3n) is 4.18. The van der Waals surface area contributed by atoms with Crippen LogP contribution < -0.4 is 10.1 Å². The van der Waals surface area contributed by atoms with Crippen molar-refractivity contribution >= 4 is 9.84 Å². The van der Waals surface area contributed by atoms with Gasteiger partial charge in [0.2, 0.25) is 0 Å². The van der Waals surface area contributed by atoms with Crippen LogP contribution in [0, 0.1) is 0 Å². The molecule has 1 aromatic carbocycles. The Kier molecular flexibility index (Phi) is 5.65. The molecular formula is C16H25NO3S. The summed E-state index contributed by atoms with van der Waals surface area (Å²) in [7, 11) is -1.17. The molecule has 0 saturated carbocycles. The van der Waals surface area contributed by atoms with Crippen LogP contribution in [0.4, 0.5) is 0 Å². The van der Waals surface area contributed by atoms with Crippen molar-refractivity contribution in [3.05, 3.63) is 29.8 Å². The zero-order chi connectivity index (χ0) is 15.3. The van der Waals surface area contributed by atoms with E-state index in [9.17, 15) is 8.42 Å². The molecular weight excluding hydrogens is 286 g/mol. The largest absolute Gasteiger partial charge is 0.497 e. The fraction of sp³-hybridized carbons (Fsp3) is 0.625. The van der Waals surface area contributed by atoms with Gasteiger partial charge in [-0.25, -0.2) is 8.42 Å². The fourth-order valence-corrected chi connectivity index (χ4v) is 4.48. The van der Waals surface area contributed by atoms with Gasteiger partial charge in [-0.2, -0.15) is 0 Å². The quantitative estimate of drug-likeness (QED) is 0.838. The molecule has 2 unspecified atom stereocenters. The van der Waals surface area contributed by atoms with Crippen molar-refractivity contribution in [3.63, 3.8) is 0 Å². The van der Waals surface area contributed by atoms with Crippen LogP contribution in [0.5, 0.6) is 5.75 Å². The molecule has 1 heterocycles. The van der Waals surface area contributed by atoms with E-state index in [0.717, 1.165) is 31.4 Å². The maximum absolute atomic E-state index is 11.8. The highest BCUT2D eigenvalue weighted by Gasteiger charge is 2.30. The number of rotatable bonds is 7. The van der Waals surface area contributed by atoms with Gasteiger partial charge in [0.15, 0.2) is 9.84 Å². The van der Waals surface area contributed by atoms with Crippen molar-refractivity contribution in [1.29, 1.82) is 0 Å². The Morgan fingerprint density at radius 1 is 1.33 bits per heavy atom. The normalized spacial score (nSPS) is 22.1. The van der Waals surface area contributed by atoms with Crippen LogP contribution >= 0.6 is 0 Å². The Bertz CT molecular complexity index is 539. The van der Waals surface area contributed by atoms with Gasteiger partial charge in [-0.3, -0.25) is 0 Å². The predicted molar refractivity (Wildman–Crippen MR) is 85.6 cm³/mol. The van der Waals surface area contributed by atoms with E-state index in [1.54, 1.807) is 7.11 Å². The SMILES string of the molecule is COc1ccc(CCC(C)NCC2CCCS2(=O)=O)cc1. The van der Waals surface area contributed by atoms with Gasteiger partial charge in [-0.05, 0) is 50.3 Å². The highest BCUT2D eigenvalue weighted by atomic mass is 32.2. The minimum Gasteiger partial charge on any atom is -0.497 e. The van der Waals surface area contributed by atoms with Gasteiger partial charge in [0.1, 0.15) is 5.75 Å². The van der Waals surface area contributed by atoms with Crippen LogP contribution in [0.15, 0.2) is 24.3 Å². The number of nitrogens with one attached hydrogen (secondary N) is 1. The molecule has 1 fully saturated rings. The minimum atomic E-state index is -2.83. The van der Waals surface area contributed by atoms with Crippen LogP contribution in [0.3, 0.4) is 0 Å². The summed E-state index contributed by atoms with van der Waals surface area (Å²) in [6.07, 6.45) is 3.60. The second-order valence-electron chi connectivity index (χ2n) is 5.83. The zero-order valence-corrected chi connectivity index (χ0v) is 13.7. The Labute approximate surface area is 127 Å². The van der Waals surface area contributed by atoms with E-state index in [-0.39, 0.29) is 5.25 Å². The first-order valence-corrected chi connectivity index (χ1v) is 9.30. The average molecular weight is 311 g/mol. The molecule has 1 aliphatic rings. The molecule has 0 amide bonds. The summed E-state index contributed by atoms with van der Waals surface area (Å²) in [5.74, 6) is 1.23. The van der Waals surface area contributed by atoms with Gasteiger partial charge in [-0.1, -0.05) is 12.1 Å². The highest BCUT2D eigenvalue weighted by Crippen LogP contribution is 2.19. The molecule has 0 radical (unpaired) electrons. The summed E-state index contributed by atoms with van der Waals surface area (Å²) in [6.45, 7) is 2.71. The first-order chi connectivity index (χ1) is 10.0. The Balaban J connectivity index is 1.73. The molecule has 1 N–H and O–H groups in total. The number of methoxy groups -OCH3 is 1. The average Bonchev–Trinajstić information content (AvgIpc) is 2.82. The molecule has 1 aliphatic heterocycles. The second kappa shape index (κ2) is 7.27. The molecule has 5 heteroatoms. The van der Waals surface area contributed by atoms with E-state index < -0.39 is 9.84 Å². The van der Waals surface area contributed by atoms with Gasteiger partial charge in [-0.15, -0.1) is 0 Å². The summed E-state index contributed by atoms with van der Waals surface area (Å²) in [5, 5.41) is 3.19. The topological polar surface area (TPSA) is 55.4 Å². The van der Waals surface area contributed by atoms with Crippen molar-refractivity contribution in [3.8, 4) is 5.75 Å². The van der Waals surface area contributed by atoms with Crippen LogP contribution in [0.25, 0.3) is 0 Å². The van der Waals surface area contributed by atoms with Crippen LogP contribution in [0.2, 0.25) is 0 Å².